The van der Waals surface area contributed by atoms with Gasteiger partial charge in [0, 0.05) is 55.0 Å². The summed E-state index contributed by atoms with van der Waals surface area (Å²) in [6, 6.07) is 22.2. The molecule has 4 aliphatic rings. The van der Waals surface area contributed by atoms with Gasteiger partial charge in [0.25, 0.3) is 11.8 Å². The number of para-hydroxylation sites is 1. The van der Waals surface area contributed by atoms with E-state index in [0.29, 0.717) is 73.3 Å². The first-order valence-corrected chi connectivity index (χ1v) is 20.4. The fraction of sp³-hybridized carbons (Fsp3) is 0.381. The SMILES string of the molecule is NC(=O)c1c(-c2ccc(Oc3ccccc3)cc2)nn2c1NCCC2C1CCN(C(=O)CCCCSc2cccc3c2CN(C2CCC(=O)NC2=O)C3=O)CC1. The Bertz CT molecular complexity index is 2150. The van der Waals surface area contributed by atoms with Gasteiger partial charge >= 0.3 is 0 Å². The molecule has 56 heavy (non-hydrogen) atoms. The summed E-state index contributed by atoms with van der Waals surface area (Å²) < 4.78 is 7.91. The molecular formula is C42H45N7O6S. The summed E-state index contributed by atoms with van der Waals surface area (Å²) in [7, 11) is 0. The molecular weight excluding hydrogens is 731 g/mol. The predicted octanol–water partition coefficient (Wildman–Crippen LogP) is 5.76. The number of piperidine rings is 2. The molecule has 8 rings (SSSR count). The van der Waals surface area contributed by atoms with Crippen molar-refractivity contribution >= 4 is 47.1 Å². The topological polar surface area (TPSA) is 169 Å². The molecule has 0 aliphatic carbocycles. The molecule has 5 amide bonds. The fourth-order valence-corrected chi connectivity index (χ4v) is 9.52. The molecule has 2 fully saturated rings. The zero-order chi connectivity index (χ0) is 38.8. The van der Waals surface area contributed by atoms with Gasteiger partial charge in [-0.15, -0.1) is 11.8 Å². The molecule has 13 nitrogen and oxygen atoms in total. The maximum atomic E-state index is 13.3. The molecule has 14 heteroatoms. The third kappa shape index (κ3) is 7.62. The second-order valence-corrected chi connectivity index (χ2v) is 15.9. The molecule has 0 saturated carbocycles. The van der Waals surface area contributed by atoms with Crippen molar-refractivity contribution in [3.8, 4) is 22.8 Å². The van der Waals surface area contributed by atoms with E-state index in [1.54, 1.807) is 22.7 Å². The van der Waals surface area contributed by atoms with Crippen LogP contribution in [0.2, 0.25) is 0 Å². The van der Waals surface area contributed by atoms with Gasteiger partial charge < -0.3 is 25.6 Å². The number of imide groups is 1. The third-order valence-corrected chi connectivity index (χ3v) is 12.5. The van der Waals surface area contributed by atoms with Crippen LogP contribution in [0.1, 0.15) is 83.7 Å². The molecule has 2 saturated heterocycles. The number of fused-ring (bicyclic) bond motifs is 2. The average molecular weight is 776 g/mol. The van der Waals surface area contributed by atoms with Crippen molar-refractivity contribution < 1.29 is 28.7 Å². The van der Waals surface area contributed by atoms with E-state index in [-0.39, 0.29) is 30.2 Å². The second kappa shape index (κ2) is 16.2. The smallest absolute Gasteiger partial charge is 0.255 e. The molecule has 2 atom stereocenters. The van der Waals surface area contributed by atoms with Crippen LogP contribution >= 0.6 is 11.8 Å². The van der Waals surface area contributed by atoms with Gasteiger partial charge in [-0.25, -0.2) is 4.68 Å². The van der Waals surface area contributed by atoms with Gasteiger partial charge in [-0.05, 0) is 104 Å². The second-order valence-electron chi connectivity index (χ2n) is 14.8. The maximum absolute atomic E-state index is 13.3. The van der Waals surface area contributed by atoms with Crippen molar-refractivity contribution in [2.45, 2.75) is 74.9 Å². The van der Waals surface area contributed by atoms with E-state index in [4.69, 9.17) is 15.6 Å². The Kier molecular flexibility index (Phi) is 10.8. The van der Waals surface area contributed by atoms with Crippen LogP contribution in [-0.4, -0.2) is 80.5 Å². The summed E-state index contributed by atoms with van der Waals surface area (Å²) in [5, 5.41) is 10.7. The number of anilines is 1. The van der Waals surface area contributed by atoms with E-state index in [9.17, 15) is 24.0 Å². The van der Waals surface area contributed by atoms with Crippen molar-refractivity contribution in [2.24, 2.45) is 11.7 Å². The highest BCUT2D eigenvalue weighted by molar-refractivity contribution is 7.99. The molecule has 1 aromatic heterocycles. The molecule has 0 spiro atoms. The predicted molar refractivity (Wildman–Crippen MR) is 211 cm³/mol. The lowest BCUT2D eigenvalue weighted by Gasteiger charge is -2.38. The minimum atomic E-state index is -0.637. The number of hydrogen-bond acceptors (Lipinski definition) is 9. The number of aromatic nitrogens is 2. The number of carbonyl (C=O) groups excluding carboxylic acids is 5. The molecule has 0 bridgehead atoms. The molecule has 290 valence electrons. The summed E-state index contributed by atoms with van der Waals surface area (Å²) >= 11 is 1.67. The average Bonchev–Trinajstić information content (AvgIpc) is 3.77. The number of nitrogens with zero attached hydrogens (tertiary/aromatic N) is 4. The van der Waals surface area contributed by atoms with Gasteiger partial charge in [0.15, 0.2) is 0 Å². The highest BCUT2D eigenvalue weighted by atomic mass is 32.2. The van der Waals surface area contributed by atoms with Crippen LogP contribution in [0.4, 0.5) is 5.82 Å². The number of nitrogens with one attached hydrogen (secondary N) is 2. The number of rotatable bonds is 12. The number of amides is 5. The Morgan fingerprint density at radius 3 is 2.41 bits per heavy atom. The third-order valence-electron chi connectivity index (χ3n) is 11.3. The van der Waals surface area contributed by atoms with Crippen LogP contribution < -0.4 is 21.1 Å². The van der Waals surface area contributed by atoms with E-state index in [1.165, 1.54) is 0 Å². The normalized spacial score (nSPS) is 19.6. The molecule has 5 heterocycles. The van der Waals surface area contributed by atoms with Gasteiger partial charge in [-0.2, -0.15) is 5.10 Å². The number of benzene rings is 3. The van der Waals surface area contributed by atoms with Crippen LogP contribution in [0.25, 0.3) is 11.3 Å². The van der Waals surface area contributed by atoms with Gasteiger partial charge in [0.05, 0.1) is 6.04 Å². The number of nitrogens with two attached hydrogens (primary N) is 1. The number of carbonyl (C=O) groups is 5. The van der Waals surface area contributed by atoms with E-state index in [1.807, 2.05) is 76.3 Å². The van der Waals surface area contributed by atoms with Crippen molar-refractivity contribution in [3.05, 3.63) is 89.5 Å². The minimum absolute atomic E-state index is 0.0823. The van der Waals surface area contributed by atoms with Gasteiger partial charge in [0.1, 0.15) is 34.6 Å². The molecule has 4 N–H and O–H groups in total. The summed E-state index contributed by atoms with van der Waals surface area (Å²) in [5.41, 5.74) is 9.19. The summed E-state index contributed by atoms with van der Waals surface area (Å²) in [6.07, 6.45) is 5.23. The minimum Gasteiger partial charge on any atom is -0.457 e. The number of hydrogen-bond donors (Lipinski definition) is 3. The molecule has 4 aliphatic heterocycles. The van der Waals surface area contributed by atoms with Crippen LogP contribution in [0.5, 0.6) is 11.5 Å². The summed E-state index contributed by atoms with van der Waals surface area (Å²) in [4.78, 5) is 67.9. The first-order chi connectivity index (χ1) is 27.2. The van der Waals surface area contributed by atoms with Crippen molar-refractivity contribution in [2.75, 3.05) is 30.7 Å². The van der Waals surface area contributed by atoms with Crippen LogP contribution in [0.3, 0.4) is 0 Å². The van der Waals surface area contributed by atoms with Crippen LogP contribution in [0, 0.1) is 5.92 Å². The molecule has 0 radical (unpaired) electrons. The lowest BCUT2D eigenvalue weighted by atomic mass is 9.86. The Morgan fingerprint density at radius 2 is 1.66 bits per heavy atom. The quantitative estimate of drug-likeness (QED) is 0.0921. The zero-order valence-electron chi connectivity index (χ0n) is 31.1. The Hall–Kier alpha value is -5.63. The summed E-state index contributed by atoms with van der Waals surface area (Å²) in [5.74, 6) is 1.93. The maximum Gasteiger partial charge on any atom is 0.255 e. The van der Waals surface area contributed by atoms with E-state index < -0.39 is 17.9 Å². The fourth-order valence-electron chi connectivity index (χ4n) is 8.43. The Balaban J connectivity index is 0.826. The van der Waals surface area contributed by atoms with E-state index in [0.717, 1.165) is 59.6 Å². The van der Waals surface area contributed by atoms with Gasteiger partial charge in [0.2, 0.25) is 17.7 Å². The Labute approximate surface area is 329 Å². The monoisotopic (exact) mass is 775 g/mol. The number of thioether (sulfide) groups is 1. The number of likely N-dealkylation sites (tertiary alicyclic amines) is 1. The van der Waals surface area contributed by atoms with Crippen molar-refractivity contribution in [1.29, 1.82) is 0 Å². The van der Waals surface area contributed by atoms with Gasteiger partial charge in [-0.1, -0.05) is 24.3 Å². The van der Waals surface area contributed by atoms with Crippen molar-refractivity contribution in [1.82, 2.24) is 24.9 Å². The number of ether oxygens (including phenoxy) is 1. The lowest BCUT2D eigenvalue weighted by Crippen LogP contribution is -2.52. The summed E-state index contributed by atoms with van der Waals surface area (Å²) in [6.45, 7) is 2.43. The highest BCUT2D eigenvalue weighted by Gasteiger charge is 2.40. The highest BCUT2D eigenvalue weighted by Crippen LogP contribution is 2.41. The Morgan fingerprint density at radius 1 is 0.893 bits per heavy atom. The van der Waals surface area contributed by atoms with Crippen molar-refractivity contribution in [3.63, 3.8) is 0 Å². The molecule has 4 aromatic rings. The molecule has 3 aromatic carbocycles. The van der Waals surface area contributed by atoms with E-state index in [2.05, 4.69) is 10.6 Å². The zero-order valence-corrected chi connectivity index (χ0v) is 31.9. The van der Waals surface area contributed by atoms with Gasteiger partial charge in [-0.3, -0.25) is 29.3 Å². The lowest BCUT2D eigenvalue weighted by molar-refractivity contribution is -0.137. The molecule has 2 unspecified atom stereocenters. The number of primary amides is 1. The first-order valence-electron chi connectivity index (χ1n) is 19.4. The largest absolute Gasteiger partial charge is 0.457 e. The van der Waals surface area contributed by atoms with Crippen LogP contribution in [0.15, 0.2) is 77.7 Å². The first kappa shape index (κ1) is 37.3. The van der Waals surface area contributed by atoms with E-state index >= 15 is 0 Å². The standard InChI is InChI=1S/C42H45N7O6S/c43-39(52)37-38(27-12-14-29(15-13-27)55-28-7-2-1-3-8-28)46-49-32(18-21-44-40(37)49)26-19-22-47(23-20-26)36(51)11-4-5-24-56-34-10-6-9-30-31(34)25-48(42(30)54)33-16-17-35(50)45-41(33)53/h1-3,6-10,12-15,26,32-33,44H,4-5,11,16-25H2,(H2,43,52)(H,45,50,53). The number of unbranched alkanes of at least 4 members (excludes halogenated alkanes) is 1. The van der Waals surface area contributed by atoms with Crippen LogP contribution in [-0.2, 0) is 20.9 Å².